The smallest absolute Gasteiger partial charge is 0.263 e. The van der Waals surface area contributed by atoms with Gasteiger partial charge in [-0.3, -0.25) is 19.4 Å². The van der Waals surface area contributed by atoms with E-state index in [-0.39, 0.29) is 13.1 Å². The highest BCUT2D eigenvalue weighted by Crippen LogP contribution is 2.17. The second-order valence-electron chi connectivity index (χ2n) is 4.00. The van der Waals surface area contributed by atoms with Gasteiger partial charge in [-0.25, -0.2) is 4.79 Å². The normalized spacial score (nSPS) is 15.3. The Kier molecular flexibility index (Phi) is 3.80. The van der Waals surface area contributed by atoms with Gasteiger partial charge >= 0.3 is 17.8 Å². The highest BCUT2D eigenvalue weighted by molar-refractivity contribution is 9.10. The van der Waals surface area contributed by atoms with Crippen LogP contribution in [0.15, 0.2) is 41.4 Å². The number of halogens is 1. The summed E-state index contributed by atoms with van der Waals surface area (Å²) >= 11 is 3.30. The van der Waals surface area contributed by atoms with Gasteiger partial charge in [-0.1, -0.05) is 34.1 Å². The molecule has 4 amide bonds. The first-order chi connectivity index (χ1) is 9.04. The molecule has 1 fully saturated rings. The van der Waals surface area contributed by atoms with E-state index < -0.39 is 17.8 Å². The van der Waals surface area contributed by atoms with Crippen molar-refractivity contribution in [1.82, 2.24) is 9.80 Å². The summed E-state index contributed by atoms with van der Waals surface area (Å²) in [4.78, 5) is 37.1. The van der Waals surface area contributed by atoms with E-state index in [1.54, 1.807) is 12.1 Å². The minimum absolute atomic E-state index is 0.0419. The first-order valence-electron chi connectivity index (χ1n) is 5.57. The number of urea groups is 1. The van der Waals surface area contributed by atoms with Crippen molar-refractivity contribution < 1.29 is 14.4 Å². The highest BCUT2D eigenvalue weighted by atomic mass is 79.9. The molecule has 0 bridgehead atoms. The van der Waals surface area contributed by atoms with Crippen molar-refractivity contribution in [3.8, 4) is 0 Å². The first kappa shape index (κ1) is 13.5. The molecule has 6 heteroatoms. The Labute approximate surface area is 118 Å². The average molecular weight is 323 g/mol. The van der Waals surface area contributed by atoms with E-state index in [1.165, 1.54) is 6.08 Å². The highest BCUT2D eigenvalue weighted by Gasteiger charge is 2.43. The van der Waals surface area contributed by atoms with Gasteiger partial charge in [0.1, 0.15) is 0 Å². The van der Waals surface area contributed by atoms with Crippen molar-refractivity contribution in [2.75, 3.05) is 6.54 Å². The summed E-state index contributed by atoms with van der Waals surface area (Å²) in [5.74, 6) is -1.60. The zero-order valence-corrected chi connectivity index (χ0v) is 11.6. The Morgan fingerprint density at radius 1 is 1.05 bits per heavy atom. The standard InChI is InChI=1S/C13H11BrN2O3/c1-2-7-15-11(17)12(18)16(13(15)19)8-9-3-5-10(14)6-4-9/h2-6H,1,7-8H2. The lowest BCUT2D eigenvalue weighted by Gasteiger charge is -2.14. The Morgan fingerprint density at radius 3 is 2.21 bits per heavy atom. The van der Waals surface area contributed by atoms with Crippen LogP contribution in [0.3, 0.4) is 0 Å². The monoisotopic (exact) mass is 322 g/mol. The maximum Gasteiger partial charge on any atom is 0.334 e. The summed E-state index contributed by atoms with van der Waals surface area (Å²) in [5, 5.41) is 0. The third-order valence-electron chi connectivity index (χ3n) is 2.70. The lowest BCUT2D eigenvalue weighted by molar-refractivity contribution is -0.143. The topological polar surface area (TPSA) is 57.7 Å². The van der Waals surface area contributed by atoms with Gasteiger partial charge in [0.25, 0.3) is 0 Å². The number of rotatable bonds is 4. The quantitative estimate of drug-likeness (QED) is 0.483. The number of amides is 4. The fraction of sp³-hybridized carbons (Fsp3) is 0.154. The van der Waals surface area contributed by atoms with Gasteiger partial charge < -0.3 is 0 Å². The zero-order chi connectivity index (χ0) is 14.0. The molecule has 0 spiro atoms. The predicted octanol–water partition coefficient (Wildman–Crippen LogP) is 1.93. The second-order valence-corrected chi connectivity index (χ2v) is 4.92. The molecule has 0 atom stereocenters. The summed E-state index contributed by atoms with van der Waals surface area (Å²) in [6.07, 6.45) is 1.41. The summed E-state index contributed by atoms with van der Waals surface area (Å²) in [5.41, 5.74) is 0.776. The van der Waals surface area contributed by atoms with Crippen molar-refractivity contribution in [3.63, 3.8) is 0 Å². The number of hydrogen-bond donors (Lipinski definition) is 0. The fourth-order valence-corrected chi connectivity index (χ4v) is 2.02. The molecule has 5 nitrogen and oxygen atoms in total. The van der Waals surface area contributed by atoms with E-state index in [0.29, 0.717) is 0 Å². The van der Waals surface area contributed by atoms with Gasteiger partial charge in [-0.15, -0.1) is 6.58 Å². The van der Waals surface area contributed by atoms with E-state index in [9.17, 15) is 14.4 Å². The van der Waals surface area contributed by atoms with E-state index >= 15 is 0 Å². The van der Waals surface area contributed by atoms with Crippen molar-refractivity contribution in [1.29, 1.82) is 0 Å². The summed E-state index contributed by atoms with van der Waals surface area (Å²) < 4.78 is 0.902. The molecule has 2 rings (SSSR count). The van der Waals surface area contributed by atoms with E-state index in [2.05, 4.69) is 22.5 Å². The van der Waals surface area contributed by atoms with Crippen molar-refractivity contribution in [3.05, 3.63) is 47.0 Å². The van der Waals surface area contributed by atoms with Crippen LogP contribution < -0.4 is 0 Å². The fourth-order valence-electron chi connectivity index (χ4n) is 1.75. The molecule has 1 heterocycles. The van der Waals surface area contributed by atoms with Gasteiger partial charge in [0, 0.05) is 11.0 Å². The third kappa shape index (κ3) is 2.58. The number of imide groups is 2. The number of carbonyl (C=O) groups excluding carboxylic acids is 3. The van der Waals surface area contributed by atoms with E-state index in [4.69, 9.17) is 0 Å². The largest absolute Gasteiger partial charge is 0.334 e. The summed E-state index contributed by atoms with van der Waals surface area (Å²) in [6, 6.07) is 6.59. The van der Waals surface area contributed by atoms with Crippen LogP contribution in [0.5, 0.6) is 0 Å². The molecule has 19 heavy (non-hydrogen) atoms. The minimum Gasteiger partial charge on any atom is -0.263 e. The molecule has 0 N–H and O–H groups in total. The van der Waals surface area contributed by atoms with E-state index in [1.807, 2.05) is 12.1 Å². The minimum atomic E-state index is -0.804. The molecule has 1 aliphatic heterocycles. The molecule has 1 aromatic carbocycles. The predicted molar refractivity (Wildman–Crippen MR) is 72.0 cm³/mol. The SMILES string of the molecule is C=CCN1C(=O)C(=O)N(Cc2ccc(Br)cc2)C1=O. The maximum atomic E-state index is 11.9. The lowest BCUT2D eigenvalue weighted by atomic mass is 10.2. The Balaban J connectivity index is 2.18. The first-order valence-corrected chi connectivity index (χ1v) is 6.36. The molecular formula is C13H11BrN2O3. The molecular weight excluding hydrogens is 312 g/mol. The molecule has 98 valence electrons. The molecule has 1 aliphatic rings. The Morgan fingerprint density at radius 2 is 1.63 bits per heavy atom. The molecule has 0 unspecified atom stereocenters. The third-order valence-corrected chi connectivity index (χ3v) is 3.23. The Bertz CT molecular complexity index is 554. The number of carbonyl (C=O) groups is 3. The van der Waals surface area contributed by atoms with Crippen LogP contribution in [0.4, 0.5) is 4.79 Å². The zero-order valence-electron chi connectivity index (χ0n) is 10.0. The molecule has 0 saturated carbocycles. The molecule has 0 aliphatic carbocycles. The second kappa shape index (κ2) is 5.36. The van der Waals surface area contributed by atoms with Gasteiger partial charge in [0.15, 0.2) is 0 Å². The molecule has 0 radical (unpaired) electrons. The van der Waals surface area contributed by atoms with Crippen LogP contribution in [-0.4, -0.2) is 34.2 Å². The van der Waals surface area contributed by atoms with Gasteiger partial charge in [0.2, 0.25) is 0 Å². The Hall–Kier alpha value is -1.95. The summed E-state index contributed by atoms with van der Waals surface area (Å²) in [6.45, 7) is 3.59. The average Bonchev–Trinajstić information content (AvgIpc) is 2.59. The van der Waals surface area contributed by atoms with Crippen molar-refractivity contribution in [2.24, 2.45) is 0 Å². The van der Waals surface area contributed by atoms with Crippen LogP contribution in [-0.2, 0) is 16.1 Å². The summed E-state index contributed by atoms with van der Waals surface area (Å²) in [7, 11) is 0. The van der Waals surface area contributed by atoms with Gasteiger partial charge in [0.05, 0.1) is 6.54 Å². The van der Waals surface area contributed by atoms with E-state index in [0.717, 1.165) is 19.8 Å². The number of benzene rings is 1. The van der Waals surface area contributed by atoms with Crippen LogP contribution in [0.1, 0.15) is 5.56 Å². The van der Waals surface area contributed by atoms with Crippen molar-refractivity contribution in [2.45, 2.75) is 6.54 Å². The van der Waals surface area contributed by atoms with Crippen LogP contribution in [0.25, 0.3) is 0 Å². The molecule has 0 aromatic heterocycles. The van der Waals surface area contributed by atoms with Crippen LogP contribution in [0.2, 0.25) is 0 Å². The lowest BCUT2D eigenvalue weighted by Crippen LogP contribution is -2.33. The molecule has 1 saturated heterocycles. The van der Waals surface area contributed by atoms with Gasteiger partial charge in [-0.05, 0) is 17.7 Å². The van der Waals surface area contributed by atoms with Gasteiger partial charge in [-0.2, -0.15) is 0 Å². The maximum absolute atomic E-state index is 11.9. The number of hydrogen-bond acceptors (Lipinski definition) is 3. The van der Waals surface area contributed by atoms with Crippen molar-refractivity contribution >= 4 is 33.8 Å². The molecule has 1 aromatic rings. The number of nitrogens with zero attached hydrogens (tertiary/aromatic N) is 2. The van der Waals surface area contributed by atoms with Crippen LogP contribution >= 0.6 is 15.9 Å². The van der Waals surface area contributed by atoms with Crippen LogP contribution in [0, 0.1) is 0 Å².